The summed E-state index contributed by atoms with van der Waals surface area (Å²) in [5, 5.41) is 0. The molecule has 0 bridgehead atoms. The van der Waals surface area contributed by atoms with Crippen molar-refractivity contribution in [3.63, 3.8) is 0 Å². The van der Waals surface area contributed by atoms with Gasteiger partial charge in [0, 0.05) is 13.1 Å². The van der Waals surface area contributed by atoms with Crippen LogP contribution < -0.4 is 0 Å². The molecule has 0 radical (unpaired) electrons. The fourth-order valence-electron chi connectivity index (χ4n) is 2.36. The molecule has 0 spiro atoms. The highest BCUT2D eigenvalue weighted by atomic mass is 79.9. The van der Waals surface area contributed by atoms with E-state index in [4.69, 9.17) is 0 Å². The molecule has 0 N–H and O–H groups in total. The van der Waals surface area contributed by atoms with Crippen LogP contribution in [0.15, 0.2) is 27.6 Å². The molecule has 0 aliphatic carbocycles. The molecule has 1 aromatic rings. The minimum Gasteiger partial charge on any atom is -0.207 e. The number of hydrogen-bond acceptors (Lipinski definition) is 2. The summed E-state index contributed by atoms with van der Waals surface area (Å²) in [6, 6.07) is 3.95. The quantitative estimate of drug-likeness (QED) is 0.838. The first-order valence-electron chi connectivity index (χ1n) is 6.40. The summed E-state index contributed by atoms with van der Waals surface area (Å²) in [5.41, 5.74) is 0. The Bertz CT molecular complexity index is 562. The predicted octanol–water partition coefficient (Wildman–Crippen LogP) is 3.40. The maximum absolute atomic E-state index is 13.5. The number of piperidine rings is 1. The largest absolute Gasteiger partial charge is 0.243 e. The van der Waals surface area contributed by atoms with E-state index in [1.807, 2.05) is 0 Å². The second-order valence-corrected chi connectivity index (χ2v) is 7.65. The lowest BCUT2D eigenvalue weighted by molar-refractivity contribution is 0.261. The summed E-state index contributed by atoms with van der Waals surface area (Å²) in [5.74, 6) is -0.144. The highest BCUT2D eigenvalue weighted by Crippen LogP contribution is 2.27. The van der Waals surface area contributed by atoms with Crippen molar-refractivity contribution in [1.82, 2.24) is 4.31 Å². The van der Waals surface area contributed by atoms with Crippen molar-refractivity contribution in [2.24, 2.45) is 5.92 Å². The van der Waals surface area contributed by atoms with E-state index in [1.165, 1.54) is 16.4 Å². The average molecular weight is 350 g/mol. The Kier molecular flexibility index (Phi) is 4.63. The number of halogens is 2. The van der Waals surface area contributed by atoms with Gasteiger partial charge in [-0.05, 0) is 52.9 Å². The molecule has 1 atom stereocenters. The fraction of sp³-hybridized carbons (Fsp3) is 0.538. The first kappa shape index (κ1) is 14.9. The Morgan fingerprint density at radius 3 is 2.84 bits per heavy atom. The molecule has 3 nitrogen and oxygen atoms in total. The van der Waals surface area contributed by atoms with Gasteiger partial charge in [0.2, 0.25) is 10.0 Å². The van der Waals surface area contributed by atoms with E-state index < -0.39 is 15.8 Å². The molecule has 0 amide bonds. The van der Waals surface area contributed by atoms with Crippen LogP contribution in [0.2, 0.25) is 0 Å². The minimum absolute atomic E-state index is 0.0324. The molecule has 106 valence electrons. The second kappa shape index (κ2) is 5.89. The van der Waals surface area contributed by atoms with Crippen molar-refractivity contribution in [3.8, 4) is 0 Å². The van der Waals surface area contributed by atoms with Gasteiger partial charge in [0.1, 0.15) is 5.82 Å². The normalized spacial score (nSPS) is 21.5. The highest BCUT2D eigenvalue weighted by molar-refractivity contribution is 9.10. The van der Waals surface area contributed by atoms with E-state index in [0.29, 0.717) is 19.0 Å². The number of sulfonamides is 1. The smallest absolute Gasteiger partial charge is 0.207 e. The van der Waals surface area contributed by atoms with Crippen LogP contribution in [-0.4, -0.2) is 25.8 Å². The van der Waals surface area contributed by atoms with Gasteiger partial charge in [0.25, 0.3) is 0 Å². The molecule has 1 saturated heterocycles. The molecule has 1 fully saturated rings. The summed E-state index contributed by atoms with van der Waals surface area (Å²) < 4.78 is 40.2. The Morgan fingerprint density at radius 2 is 2.21 bits per heavy atom. The second-order valence-electron chi connectivity index (χ2n) is 4.86. The molecule has 2 rings (SSSR count). The molecule has 1 aliphatic heterocycles. The van der Waals surface area contributed by atoms with Crippen LogP contribution in [-0.2, 0) is 10.0 Å². The Balaban J connectivity index is 2.28. The van der Waals surface area contributed by atoms with Gasteiger partial charge in [-0.15, -0.1) is 0 Å². The standard InChI is InChI=1S/C13H17BrFNO2S/c1-2-10-4-3-7-16(9-10)19(17,18)11-5-6-12(14)13(15)8-11/h5-6,8,10H,2-4,7,9H2,1H3. The predicted molar refractivity (Wildman–Crippen MR) is 75.9 cm³/mol. The van der Waals surface area contributed by atoms with Gasteiger partial charge in [0.15, 0.2) is 0 Å². The highest BCUT2D eigenvalue weighted by Gasteiger charge is 2.29. The fourth-order valence-corrected chi connectivity index (χ4v) is 4.18. The van der Waals surface area contributed by atoms with Gasteiger partial charge in [-0.1, -0.05) is 13.3 Å². The third-order valence-corrected chi connectivity index (χ3v) is 6.09. The maximum Gasteiger partial charge on any atom is 0.243 e. The number of benzene rings is 1. The number of nitrogens with zero attached hydrogens (tertiary/aromatic N) is 1. The van der Waals surface area contributed by atoms with Crippen molar-refractivity contribution >= 4 is 26.0 Å². The molecule has 0 saturated carbocycles. The summed E-state index contributed by atoms with van der Waals surface area (Å²) >= 11 is 3.03. The van der Waals surface area contributed by atoms with Crippen molar-refractivity contribution in [2.45, 2.75) is 31.1 Å². The van der Waals surface area contributed by atoms with Crippen molar-refractivity contribution in [2.75, 3.05) is 13.1 Å². The summed E-state index contributed by atoms with van der Waals surface area (Å²) in [7, 11) is -3.57. The zero-order valence-electron chi connectivity index (χ0n) is 10.8. The minimum atomic E-state index is -3.57. The lowest BCUT2D eigenvalue weighted by Crippen LogP contribution is -2.39. The van der Waals surface area contributed by atoms with Gasteiger partial charge < -0.3 is 0 Å². The monoisotopic (exact) mass is 349 g/mol. The first-order chi connectivity index (χ1) is 8.95. The average Bonchev–Trinajstić information content (AvgIpc) is 2.41. The zero-order valence-corrected chi connectivity index (χ0v) is 13.2. The SMILES string of the molecule is CCC1CCCN(S(=O)(=O)c2ccc(Br)c(F)c2)C1. The van der Waals surface area contributed by atoms with Crippen LogP contribution in [0.25, 0.3) is 0 Å². The molecule has 0 aromatic heterocycles. The van der Waals surface area contributed by atoms with Crippen LogP contribution in [0.1, 0.15) is 26.2 Å². The summed E-state index contributed by atoms with van der Waals surface area (Å²) in [6.45, 7) is 3.13. The van der Waals surface area contributed by atoms with E-state index in [1.54, 1.807) is 0 Å². The third kappa shape index (κ3) is 3.17. The van der Waals surface area contributed by atoms with Gasteiger partial charge in [0.05, 0.1) is 9.37 Å². The number of hydrogen-bond donors (Lipinski definition) is 0. The summed E-state index contributed by atoms with van der Waals surface area (Å²) in [4.78, 5) is 0.0324. The van der Waals surface area contributed by atoms with Crippen molar-refractivity contribution in [3.05, 3.63) is 28.5 Å². The summed E-state index contributed by atoms with van der Waals surface area (Å²) in [6.07, 6.45) is 2.91. The lowest BCUT2D eigenvalue weighted by atomic mass is 9.97. The molecule has 1 heterocycles. The van der Waals surface area contributed by atoms with E-state index in [2.05, 4.69) is 22.9 Å². The molecule has 1 aliphatic rings. The van der Waals surface area contributed by atoms with Crippen LogP contribution >= 0.6 is 15.9 Å². The van der Waals surface area contributed by atoms with Gasteiger partial charge in [-0.2, -0.15) is 4.31 Å². The van der Waals surface area contributed by atoms with E-state index in [0.717, 1.165) is 25.3 Å². The van der Waals surface area contributed by atoms with Crippen LogP contribution in [0, 0.1) is 11.7 Å². The Morgan fingerprint density at radius 1 is 1.47 bits per heavy atom. The van der Waals surface area contributed by atoms with Crippen molar-refractivity contribution in [1.29, 1.82) is 0 Å². The van der Waals surface area contributed by atoms with Crippen LogP contribution in [0.3, 0.4) is 0 Å². The van der Waals surface area contributed by atoms with Crippen LogP contribution in [0.4, 0.5) is 4.39 Å². The Hall–Kier alpha value is -0.460. The molecular weight excluding hydrogens is 333 g/mol. The van der Waals surface area contributed by atoms with E-state index in [-0.39, 0.29) is 9.37 Å². The topological polar surface area (TPSA) is 37.4 Å². The molecular formula is C13H17BrFNO2S. The van der Waals surface area contributed by atoms with E-state index in [9.17, 15) is 12.8 Å². The van der Waals surface area contributed by atoms with Gasteiger partial charge >= 0.3 is 0 Å². The molecule has 1 unspecified atom stereocenters. The third-order valence-electron chi connectivity index (χ3n) is 3.59. The van der Waals surface area contributed by atoms with Gasteiger partial charge in [-0.3, -0.25) is 0 Å². The molecule has 6 heteroatoms. The van der Waals surface area contributed by atoms with Crippen LogP contribution in [0.5, 0.6) is 0 Å². The zero-order chi connectivity index (χ0) is 14.0. The Labute approximate surface area is 122 Å². The van der Waals surface area contributed by atoms with Gasteiger partial charge in [-0.25, -0.2) is 12.8 Å². The first-order valence-corrected chi connectivity index (χ1v) is 8.63. The maximum atomic E-state index is 13.5. The van der Waals surface area contributed by atoms with E-state index >= 15 is 0 Å². The lowest BCUT2D eigenvalue weighted by Gasteiger charge is -2.31. The molecule has 1 aromatic carbocycles. The molecule has 19 heavy (non-hydrogen) atoms. The van der Waals surface area contributed by atoms with Crippen molar-refractivity contribution < 1.29 is 12.8 Å². The number of rotatable bonds is 3.